The minimum atomic E-state index is -0.0532. The van der Waals surface area contributed by atoms with Crippen LogP contribution in [0.2, 0.25) is 0 Å². The Balaban J connectivity index is 1.92. The predicted octanol–water partition coefficient (Wildman–Crippen LogP) is 1.12. The highest BCUT2D eigenvalue weighted by Crippen LogP contribution is 2.19. The molecule has 106 valence electrons. The SMILES string of the molecule is CCCCc1nc(CN2CCCC2C(=O)NC)no1. The second kappa shape index (κ2) is 6.65. The summed E-state index contributed by atoms with van der Waals surface area (Å²) in [7, 11) is 1.68. The van der Waals surface area contributed by atoms with Crippen LogP contribution >= 0.6 is 0 Å². The molecular weight excluding hydrogens is 244 g/mol. The third kappa shape index (κ3) is 3.53. The first-order chi connectivity index (χ1) is 9.24. The molecule has 1 atom stereocenters. The van der Waals surface area contributed by atoms with Gasteiger partial charge < -0.3 is 9.84 Å². The smallest absolute Gasteiger partial charge is 0.237 e. The molecule has 1 amide bonds. The van der Waals surface area contributed by atoms with Crippen LogP contribution in [-0.2, 0) is 17.8 Å². The van der Waals surface area contributed by atoms with E-state index < -0.39 is 0 Å². The maximum Gasteiger partial charge on any atom is 0.237 e. The van der Waals surface area contributed by atoms with Crippen LogP contribution in [0.25, 0.3) is 0 Å². The largest absolute Gasteiger partial charge is 0.358 e. The molecule has 1 saturated heterocycles. The van der Waals surface area contributed by atoms with Gasteiger partial charge in [0.15, 0.2) is 5.82 Å². The van der Waals surface area contributed by atoms with Gasteiger partial charge in [-0.2, -0.15) is 4.98 Å². The topological polar surface area (TPSA) is 71.3 Å². The highest BCUT2D eigenvalue weighted by Gasteiger charge is 2.30. The summed E-state index contributed by atoms with van der Waals surface area (Å²) in [5, 5.41) is 6.70. The van der Waals surface area contributed by atoms with Gasteiger partial charge in [-0.3, -0.25) is 9.69 Å². The molecule has 0 saturated carbocycles. The van der Waals surface area contributed by atoms with Crippen molar-refractivity contribution < 1.29 is 9.32 Å². The van der Waals surface area contributed by atoms with Crippen molar-refractivity contribution in [3.63, 3.8) is 0 Å². The van der Waals surface area contributed by atoms with Crippen LogP contribution in [0.15, 0.2) is 4.52 Å². The highest BCUT2D eigenvalue weighted by molar-refractivity contribution is 5.81. The molecule has 1 aromatic rings. The van der Waals surface area contributed by atoms with Gasteiger partial charge in [0.1, 0.15) is 0 Å². The molecular formula is C13H22N4O2. The zero-order valence-corrected chi connectivity index (χ0v) is 11.7. The quantitative estimate of drug-likeness (QED) is 0.835. The monoisotopic (exact) mass is 266 g/mol. The van der Waals surface area contributed by atoms with Crippen LogP contribution in [0.4, 0.5) is 0 Å². The standard InChI is InChI=1S/C13H22N4O2/c1-3-4-7-12-15-11(16-19-12)9-17-8-5-6-10(17)13(18)14-2/h10H,3-9H2,1-2H3,(H,14,18). The molecule has 1 fully saturated rings. The molecule has 2 rings (SSSR count). The van der Waals surface area contributed by atoms with E-state index in [2.05, 4.69) is 27.3 Å². The van der Waals surface area contributed by atoms with Gasteiger partial charge in [0.05, 0.1) is 12.6 Å². The van der Waals surface area contributed by atoms with E-state index in [1.165, 1.54) is 0 Å². The van der Waals surface area contributed by atoms with Crippen molar-refractivity contribution in [2.45, 2.75) is 51.6 Å². The van der Waals surface area contributed by atoms with Gasteiger partial charge in [0, 0.05) is 13.5 Å². The Bertz CT molecular complexity index is 419. The Kier molecular flexibility index (Phi) is 4.90. The number of likely N-dealkylation sites (N-methyl/N-ethyl adjacent to an activating group) is 1. The molecule has 1 unspecified atom stereocenters. The molecule has 1 aromatic heterocycles. The predicted molar refractivity (Wildman–Crippen MR) is 70.4 cm³/mol. The molecule has 1 aliphatic heterocycles. The van der Waals surface area contributed by atoms with Crippen LogP contribution in [0.3, 0.4) is 0 Å². The molecule has 0 spiro atoms. The number of unbranched alkanes of at least 4 members (excludes halogenated alkanes) is 1. The maximum absolute atomic E-state index is 11.7. The van der Waals surface area contributed by atoms with E-state index in [-0.39, 0.29) is 11.9 Å². The number of aromatic nitrogens is 2. The first kappa shape index (κ1) is 14.0. The third-order valence-electron chi connectivity index (χ3n) is 3.51. The summed E-state index contributed by atoms with van der Waals surface area (Å²) in [5.74, 6) is 1.46. The van der Waals surface area contributed by atoms with E-state index in [0.29, 0.717) is 18.3 Å². The van der Waals surface area contributed by atoms with E-state index in [0.717, 1.165) is 38.6 Å². The molecule has 2 heterocycles. The highest BCUT2D eigenvalue weighted by atomic mass is 16.5. The van der Waals surface area contributed by atoms with Gasteiger partial charge in [-0.15, -0.1) is 0 Å². The van der Waals surface area contributed by atoms with Crippen LogP contribution in [0.1, 0.15) is 44.3 Å². The maximum atomic E-state index is 11.7. The van der Waals surface area contributed by atoms with Gasteiger partial charge >= 0.3 is 0 Å². The number of carbonyl (C=O) groups is 1. The van der Waals surface area contributed by atoms with Crippen molar-refractivity contribution in [1.82, 2.24) is 20.4 Å². The van der Waals surface area contributed by atoms with Crippen molar-refractivity contribution >= 4 is 5.91 Å². The number of hydrogen-bond donors (Lipinski definition) is 1. The number of amides is 1. The van der Waals surface area contributed by atoms with E-state index in [1.54, 1.807) is 7.05 Å². The van der Waals surface area contributed by atoms with Crippen LogP contribution < -0.4 is 5.32 Å². The lowest BCUT2D eigenvalue weighted by molar-refractivity contribution is -0.125. The summed E-state index contributed by atoms with van der Waals surface area (Å²) in [6.07, 6.45) is 4.95. The minimum Gasteiger partial charge on any atom is -0.358 e. The fourth-order valence-corrected chi connectivity index (χ4v) is 2.44. The molecule has 0 aliphatic carbocycles. The first-order valence-corrected chi connectivity index (χ1v) is 7.01. The Morgan fingerprint density at radius 3 is 3.16 bits per heavy atom. The summed E-state index contributed by atoms with van der Waals surface area (Å²) < 4.78 is 5.21. The summed E-state index contributed by atoms with van der Waals surface area (Å²) >= 11 is 0. The molecule has 0 aromatic carbocycles. The number of rotatable bonds is 6. The van der Waals surface area contributed by atoms with Crippen molar-refractivity contribution in [2.24, 2.45) is 0 Å². The summed E-state index contributed by atoms with van der Waals surface area (Å²) in [6.45, 7) is 3.64. The van der Waals surface area contributed by atoms with Gasteiger partial charge in [-0.1, -0.05) is 18.5 Å². The lowest BCUT2D eigenvalue weighted by Crippen LogP contribution is -2.41. The van der Waals surface area contributed by atoms with Crippen LogP contribution in [0.5, 0.6) is 0 Å². The van der Waals surface area contributed by atoms with Gasteiger partial charge in [-0.25, -0.2) is 0 Å². The first-order valence-electron chi connectivity index (χ1n) is 7.01. The van der Waals surface area contributed by atoms with Crippen molar-refractivity contribution in [3.05, 3.63) is 11.7 Å². The average Bonchev–Trinajstić information content (AvgIpc) is 3.05. The minimum absolute atomic E-state index is 0.0532. The normalized spacial score (nSPS) is 19.8. The van der Waals surface area contributed by atoms with E-state index in [4.69, 9.17) is 4.52 Å². The lowest BCUT2D eigenvalue weighted by atomic mass is 10.2. The van der Waals surface area contributed by atoms with Crippen molar-refractivity contribution in [2.75, 3.05) is 13.6 Å². The second-order valence-corrected chi connectivity index (χ2v) is 4.95. The summed E-state index contributed by atoms with van der Waals surface area (Å²) in [6, 6.07) is -0.0532. The zero-order valence-electron chi connectivity index (χ0n) is 11.7. The lowest BCUT2D eigenvalue weighted by Gasteiger charge is -2.20. The van der Waals surface area contributed by atoms with Gasteiger partial charge in [0.25, 0.3) is 0 Å². The molecule has 1 N–H and O–H groups in total. The van der Waals surface area contributed by atoms with E-state index >= 15 is 0 Å². The van der Waals surface area contributed by atoms with E-state index in [1.807, 2.05) is 0 Å². The molecule has 0 bridgehead atoms. The average molecular weight is 266 g/mol. The van der Waals surface area contributed by atoms with Crippen molar-refractivity contribution in [1.29, 1.82) is 0 Å². The molecule has 6 nitrogen and oxygen atoms in total. The molecule has 19 heavy (non-hydrogen) atoms. The third-order valence-corrected chi connectivity index (χ3v) is 3.51. The zero-order chi connectivity index (χ0) is 13.7. The number of carbonyl (C=O) groups excluding carboxylic acids is 1. The van der Waals surface area contributed by atoms with Crippen molar-refractivity contribution in [3.8, 4) is 0 Å². The number of likely N-dealkylation sites (tertiary alicyclic amines) is 1. The number of nitrogens with zero attached hydrogens (tertiary/aromatic N) is 3. The Morgan fingerprint density at radius 2 is 2.42 bits per heavy atom. The number of hydrogen-bond acceptors (Lipinski definition) is 5. The van der Waals surface area contributed by atoms with Crippen LogP contribution in [-0.4, -0.2) is 40.6 Å². The fraction of sp³-hybridized carbons (Fsp3) is 0.769. The van der Waals surface area contributed by atoms with Gasteiger partial charge in [0.2, 0.25) is 11.8 Å². The van der Waals surface area contributed by atoms with Crippen LogP contribution in [0, 0.1) is 0 Å². The Morgan fingerprint density at radius 1 is 1.58 bits per heavy atom. The summed E-state index contributed by atoms with van der Waals surface area (Å²) in [4.78, 5) is 18.2. The summed E-state index contributed by atoms with van der Waals surface area (Å²) in [5.41, 5.74) is 0. The van der Waals surface area contributed by atoms with E-state index in [9.17, 15) is 4.79 Å². The Hall–Kier alpha value is -1.43. The fourth-order valence-electron chi connectivity index (χ4n) is 2.44. The molecule has 1 aliphatic rings. The number of nitrogens with one attached hydrogen (secondary N) is 1. The number of aryl methyl sites for hydroxylation is 1. The molecule has 0 radical (unpaired) electrons. The Labute approximate surface area is 113 Å². The van der Waals surface area contributed by atoms with Gasteiger partial charge in [-0.05, 0) is 25.8 Å². The second-order valence-electron chi connectivity index (χ2n) is 4.95. The molecule has 6 heteroatoms.